The maximum atomic E-state index is 5.69. The van der Waals surface area contributed by atoms with Crippen LogP contribution >= 0.6 is 0 Å². The second kappa shape index (κ2) is 5.95. The Balaban J connectivity index is 1.78. The second-order valence-corrected chi connectivity index (χ2v) is 4.90. The average molecular weight is 285 g/mol. The maximum absolute atomic E-state index is 5.69. The van der Waals surface area contributed by atoms with Crippen molar-refractivity contribution in [2.24, 2.45) is 0 Å². The minimum absolute atomic E-state index is 0.133. The monoisotopic (exact) mass is 285 g/mol. The molecule has 2 aromatic carbocycles. The molecule has 0 amide bonds. The van der Waals surface area contributed by atoms with Gasteiger partial charge in [0.15, 0.2) is 11.5 Å². The molecular weight excluding hydrogens is 266 g/mol. The predicted molar refractivity (Wildman–Crippen MR) is 82.2 cm³/mol. The zero-order valence-corrected chi connectivity index (χ0v) is 12.3. The van der Waals surface area contributed by atoms with Gasteiger partial charge in [-0.05, 0) is 32.0 Å². The summed E-state index contributed by atoms with van der Waals surface area (Å²) in [6, 6.07) is 14.1. The molecule has 4 heteroatoms. The topological polar surface area (TPSA) is 39.7 Å². The van der Waals surface area contributed by atoms with Gasteiger partial charge in [-0.25, -0.2) is 0 Å². The Bertz CT molecular complexity index is 627. The van der Waals surface area contributed by atoms with Crippen molar-refractivity contribution in [1.29, 1.82) is 0 Å². The first kappa shape index (κ1) is 13.6. The van der Waals surface area contributed by atoms with E-state index in [0.29, 0.717) is 13.4 Å². The highest BCUT2D eigenvalue weighted by molar-refractivity contribution is 5.57. The Morgan fingerprint density at radius 2 is 1.95 bits per heavy atom. The number of ether oxygens (including phenoxy) is 3. The summed E-state index contributed by atoms with van der Waals surface area (Å²) in [5, 5.41) is 3.47. The highest BCUT2D eigenvalue weighted by atomic mass is 16.7. The van der Waals surface area contributed by atoms with Gasteiger partial charge in [-0.3, -0.25) is 0 Å². The minimum atomic E-state index is 0.133. The fourth-order valence-corrected chi connectivity index (χ4v) is 2.44. The van der Waals surface area contributed by atoms with E-state index in [4.69, 9.17) is 14.2 Å². The van der Waals surface area contributed by atoms with E-state index in [1.54, 1.807) is 0 Å². The van der Waals surface area contributed by atoms with Crippen molar-refractivity contribution in [3.05, 3.63) is 48.0 Å². The zero-order valence-electron chi connectivity index (χ0n) is 12.3. The molecule has 2 aromatic rings. The zero-order chi connectivity index (χ0) is 14.7. The summed E-state index contributed by atoms with van der Waals surface area (Å²) in [6.07, 6.45) is 0. The van der Waals surface area contributed by atoms with Crippen molar-refractivity contribution < 1.29 is 14.2 Å². The van der Waals surface area contributed by atoms with Crippen LogP contribution in [0.15, 0.2) is 42.5 Å². The Morgan fingerprint density at radius 3 is 2.81 bits per heavy atom. The van der Waals surface area contributed by atoms with Gasteiger partial charge in [0, 0.05) is 17.3 Å². The molecule has 1 atom stereocenters. The lowest BCUT2D eigenvalue weighted by atomic mass is 10.1. The third-order valence-corrected chi connectivity index (χ3v) is 3.44. The van der Waals surface area contributed by atoms with E-state index in [1.807, 2.05) is 43.3 Å². The lowest BCUT2D eigenvalue weighted by molar-refractivity contribution is 0.174. The summed E-state index contributed by atoms with van der Waals surface area (Å²) >= 11 is 0. The van der Waals surface area contributed by atoms with Gasteiger partial charge in [-0.2, -0.15) is 0 Å². The molecule has 110 valence electrons. The van der Waals surface area contributed by atoms with E-state index < -0.39 is 0 Å². The summed E-state index contributed by atoms with van der Waals surface area (Å²) in [7, 11) is 0. The molecule has 1 heterocycles. The number of rotatable bonds is 5. The van der Waals surface area contributed by atoms with E-state index in [0.717, 1.165) is 28.5 Å². The average Bonchev–Trinajstić information content (AvgIpc) is 2.95. The van der Waals surface area contributed by atoms with Gasteiger partial charge < -0.3 is 19.5 Å². The summed E-state index contributed by atoms with van der Waals surface area (Å²) in [5.41, 5.74) is 2.13. The van der Waals surface area contributed by atoms with Crippen LogP contribution in [0.1, 0.15) is 25.5 Å². The van der Waals surface area contributed by atoms with E-state index in [2.05, 4.69) is 18.3 Å². The molecular formula is C17H19NO3. The largest absolute Gasteiger partial charge is 0.494 e. The number of hydrogen-bond donors (Lipinski definition) is 1. The highest BCUT2D eigenvalue weighted by Gasteiger charge is 2.15. The lowest BCUT2D eigenvalue weighted by Gasteiger charge is -2.19. The third kappa shape index (κ3) is 2.89. The van der Waals surface area contributed by atoms with Crippen LogP contribution in [-0.2, 0) is 0 Å². The van der Waals surface area contributed by atoms with Crippen LogP contribution in [0.4, 0.5) is 5.69 Å². The summed E-state index contributed by atoms with van der Waals surface area (Å²) in [6.45, 7) is 5.06. The Morgan fingerprint density at radius 1 is 1.14 bits per heavy atom. The molecule has 0 saturated carbocycles. The highest BCUT2D eigenvalue weighted by Crippen LogP contribution is 2.36. The Labute approximate surface area is 124 Å². The van der Waals surface area contributed by atoms with Gasteiger partial charge in [-0.1, -0.05) is 18.2 Å². The molecule has 0 saturated heterocycles. The van der Waals surface area contributed by atoms with Crippen LogP contribution in [0, 0.1) is 0 Å². The molecule has 1 aliphatic rings. The first-order valence-electron chi connectivity index (χ1n) is 7.16. The van der Waals surface area contributed by atoms with Gasteiger partial charge in [0.05, 0.1) is 12.6 Å². The molecule has 1 unspecified atom stereocenters. The van der Waals surface area contributed by atoms with Crippen LogP contribution in [-0.4, -0.2) is 13.4 Å². The smallest absolute Gasteiger partial charge is 0.231 e. The van der Waals surface area contributed by atoms with Gasteiger partial charge >= 0.3 is 0 Å². The third-order valence-electron chi connectivity index (χ3n) is 3.44. The van der Waals surface area contributed by atoms with Gasteiger partial charge in [0.25, 0.3) is 0 Å². The second-order valence-electron chi connectivity index (χ2n) is 4.90. The molecule has 0 bridgehead atoms. The predicted octanol–water partition coefficient (Wildman–Crippen LogP) is 3.99. The van der Waals surface area contributed by atoms with E-state index in [1.165, 1.54) is 0 Å². The summed E-state index contributed by atoms with van der Waals surface area (Å²) in [4.78, 5) is 0. The van der Waals surface area contributed by atoms with Crippen molar-refractivity contribution in [3.63, 3.8) is 0 Å². The van der Waals surface area contributed by atoms with E-state index in [9.17, 15) is 0 Å². The standard InChI is InChI=1S/C17H19NO3/c1-3-19-15-7-5-4-6-14(15)12(2)18-13-8-9-16-17(10-13)21-11-20-16/h4-10,12,18H,3,11H2,1-2H3. The molecule has 1 N–H and O–H groups in total. The first-order chi connectivity index (χ1) is 10.3. The lowest BCUT2D eigenvalue weighted by Crippen LogP contribution is -2.08. The van der Waals surface area contributed by atoms with Crippen molar-refractivity contribution in [1.82, 2.24) is 0 Å². The molecule has 3 rings (SSSR count). The number of para-hydroxylation sites is 1. The molecule has 0 fully saturated rings. The molecule has 1 aliphatic heterocycles. The van der Waals surface area contributed by atoms with Gasteiger partial charge in [0.1, 0.15) is 5.75 Å². The van der Waals surface area contributed by atoms with E-state index in [-0.39, 0.29) is 6.04 Å². The number of nitrogens with one attached hydrogen (secondary N) is 1. The molecule has 0 aliphatic carbocycles. The van der Waals surface area contributed by atoms with Crippen LogP contribution in [0.3, 0.4) is 0 Å². The van der Waals surface area contributed by atoms with Crippen LogP contribution in [0.25, 0.3) is 0 Å². The number of benzene rings is 2. The van der Waals surface area contributed by atoms with Crippen molar-refractivity contribution in [2.45, 2.75) is 19.9 Å². The normalized spacial score (nSPS) is 13.8. The van der Waals surface area contributed by atoms with Crippen LogP contribution < -0.4 is 19.5 Å². The summed E-state index contributed by atoms with van der Waals surface area (Å²) in [5.74, 6) is 2.49. The number of hydrogen-bond acceptors (Lipinski definition) is 4. The van der Waals surface area contributed by atoms with Crippen molar-refractivity contribution in [2.75, 3.05) is 18.7 Å². The number of fused-ring (bicyclic) bond motifs is 1. The maximum Gasteiger partial charge on any atom is 0.231 e. The fraction of sp³-hybridized carbons (Fsp3) is 0.294. The fourth-order valence-electron chi connectivity index (χ4n) is 2.44. The van der Waals surface area contributed by atoms with Crippen LogP contribution in [0.5, 0.6) is 17.2 Å². The summed E-state index contributed by atoms with van der Waals surface area (Å²) < 4.78 is 16.4. The van der Waals surface area contributed by atoms with Gasteiger partial charge in [-0.15, -0.1) is 0 Å². The molecule has 0 aromatic heterocycles. The molecule has 0 spiro atoms. The Kier molecular flexibility index (Phi) is 3.86. The number of anilines is 1. The molecule has 4 nitrogen and oxygen atoms in total. The molecule has 0 radical (unpaired) electrons. The minimum Gasteiger partial charge on any atom is -0.494 e. The first-order valence-corrected chi connectivity index (χ1v) is 7.16. The SMILES string of the molecule is CCOc1ccccc1C(C)Nc1ccc2c(c1)OCO2. The van der Waals surface area contributed by atoms with E-state index >= 15 is 0 Å². The van der Waals surface area contributed by atoms with Gasteiger partial charge in [0.2, 0.25) is 6.79 Å². The molecule has 21 heavy (non-hydrogen) atoms. The van der Waals surface area contributed by atoms with Crippen molar-refractivity contribution >= 4 is 5.69 Å². The van der Waals surface area contributed by atoms with Crippen molar-refractivity contribution in [3.8, 4) is 17.2 Å². The quantitative estimate of drug-likeness (QED) is 0.901. The van der Waals surface area contributed by atoms with Crippen LogP contribution in [0.2, 0.25) is 0 Å². The Hall–Kier alpha value is -2.36.